The molecule has 0 unspecified atom stereocenters. The van der Waals surface area contributed by atoms with Crippen LogP contribution in [0.1, 0.15) is 12.6 Å². The molecule has 158 valence electrons. The van der Waals surface area contributed by atoms with Gasteiger partial charge in [-0.05, 0) is 53.9 Å². The molecule has 0 N–H and O–H groups in total. The number of para-hydroxylation sites is 4. The Labute approximate surface area is 191 Å². The molecule has 0 saturated carbocycles. The standard InChI is InChI=1S/C29H21N3O/c1-2-23-28(31-25-8-4-3-7-24(25)30-23)21-15-11-19(12-16-21)20-13-17-22(18-14-20)29-32-26-9-5-6-10-27(26)33-29/h3-18H,2H2,1H3. The number of oxazole rings is 1. The van der Waals surface area contributed by atoms with Crippen LogP contribution in [-0.2, 0) is 6.42 Å². The molecule has 0 fully saturated rings. The Kier molecular flexibility index (Phi) is 4.69. The van der Waals surface area contributed by atoms with Crippen LogP contribution in [0.4, 0.5) is 0 Å². The van der Waals surface area contributed by atoms with Crippen LogP contribution >= 0.6 is 0 Å². The van der Waals surface area contributed by atoms with Crippen LogP contribution in [0.5, 0.6) is 0 Å². The molecule has 0 aliphatic rings. The predicted octanol–water partition coefficient (Wildman–Crippen LogP) is 7.33. The van der Waals surface area contributed by atoms with Crippen molar-refractivity contribution in [3.05, 3.63) is 103 Å². The van der Waals surface area contributed by atoms with Crippen molar-refractivity contribution < 1.29 is 4.42 Å². The largest absolute Gasteiger partial charge is 0.436 e. The number of hydrogen-bond donors (Lipinski definition) is 0. The Hall–Kier alpha value is -4.31. The summed E-state index contributed by atoms with van der Waals surface area (Å²) in [5.74, 6) is 0.639. The van der Waals surface area contributed by atoms with Gasteiger partial charge in [-0.1, -0.05) is 67.6 Å². The van der Waals surface area contributed by atoms with Gasteiger partial charge < -0.3 is 4.42 Å². The normalized spacial score (nSPS) is 11.3. The molecule has 0 atom stereocenters. The van der Waals surface area contributed by atoms with Crippen LogP contribution in [0.2, 0.25) is 0 Å². The minimum Gasteiger partial charge on any atom is -0.436 e. The Morgan fingerprint density at radius 3 is 1.73 bits per heavy atom. The summed E-state index contributed by atoms with van der Waals surface area (Å²) >= 11 is 0. The van der Waals surface area contributed by atoms with Gasteiger partial charge in [-0.2, -0.15) is 0 Å². The summed E-state index contributed by atoms with van der Waals surface area (Å²) in [4.78, 5) is 14.3. The van der Waals surface area contributed by atoms with Crippen LogP contribution in [0.15, 0.2) is 101 Å². The predicted molar refractivity (Wildman–Crippen MR) is 133 cm³/mol. The van der Waals surface area contributed by atoms with E-state index in [2.05, 4.69) is 60.4 Å². The number of nitrogens with zero attached hydrogens (tertiary/aromatic N) is 3. The second kappa shape index (κ2) is 7.99. The van der Waals surface area contributed by atoms with Crippen LogP contribution in [0.3, 0.4) is 0 Å². The fourth-order valence-electron chi connectivity index (χ4n) is 4.14. The van der Waals surface area contributed by atoms with Crippen molar-refractivity contribution in [2.45, 2.75) is 13.3 Å². The van der Waals surface area contributed by atoms with Gasteiger partial charge >= 0.3 is 0 Å². The van der Waals surface area contributed by atoms with Gasteiger partial charge in [-0.3, -0.25) is 0 Å². The third kappa shape index (κ3) is 3.56. The van der Waals surface area contributed by atoms with Crippen molar-refractivity contribution in [2.75, 3.05) is 0 Å². The number of fused-ring (bicyclic) bond motifs is 2. The molecule has 0 saturated heterocycles. The topological polar surface area (TPSA) is 51.8 Å². The summed E-state index contributed by atoms with van der Waals surface area (Å²) in [6, 6.07) is 32.7. The molecule has 0 bridgehead atoms. The first-order valence-corrected chi connectivity index (χ1v) is 11.1. The lowest BCUT2D eigenvalue weighted by Crippen LogP contribution is -1.97. The highest BCUT2D eigenvalue weighted by Crippen LogP contribution is 2.29. The zero-order chi connectivity index (χ0) is 22.2. The quantitative estimate of drug-likeness (QED) is 0.295. The zero-order valence-electron chi connectivity index (χ0n) is 18.2. The maximum Gasteiger partial charge on any atom is 0.227 e. The lowest BCUT2D eigenvalue weighted by Gasteiger charge is -2.10. The molecule has 0 amide bonds. The first kappa shape index (κ1) is 19.4. The summed E-state index contributed by atoms with van der Waals surface area (Å²) < 4.78 is 5.89. The number of hydrogen-bond acceptors (Lipinski definition) is 4. The van der Waals surface area contributed by atoms with Gasteiger partial charge in [0, 0.05) is 11.1 Å². The van der Waals surface area contributed by atoms with E-state index >= 15 is 0 Å². The van der Waals surface area contributed by atoms with E-state index < -0.39 is 0 Å². The number of benzene rings is 4. The molecule has 4 aromatic carbocycles. The van der Waals surface area contributed by atoms with Gasteiger partial charge in [0.25, 0.3) is 0 Å². The Morgan fingerprint density at radius 1 is 0.545 bits per heavy atom. The molecule has 4 heteroatoms. The maximum atomic E-state index is 5.89. The van der Waals surface area contributed by atoms with Gasteiger partial charge in [-0.25, -0.2) is 15.0 Å². The number of aryl methyl sites for hydroxylation is 1. The molecule has 0 radical (unpaired) electrons. The van der Waals surface area contributed by atoms with Gasteiger partial charge in [0.05, 0.1) is 22.4 Å². The summed E-state index contributed by atoms with van der Waals surface area (Å²) in [5, 5.41) is 0. The van der Waals surface area contributed by atoms with Crippen LogP contribution in [0.25, 0.3) is 56.0 Å². The van der Waals surface area contributed by atoms with Gasteiger partial charge in [0.2, 0.25) is 5.89 Å². The summed E-state index contributed by atoms with van der Waals surface area (Å²) in [7, 11) is 0. The number of aromatic nitrogens is 3. The monoisotopic (exact) mass is 427 g/mol. The molecule has 0 spiro atoms. The molecule has 4 nitrogen and oxygen atoms in total. The van der Waals surface area contributed by atoms with Crippen LogP contribution in [0, 0.1) is 0 Å². The molecular weight excluding hydrogens is 406 g/mol. The fraction of sp³-hybridized carbons (Fsp3) is 0.0690. The molecule has 0 aliphatic carbocycles. The van der Waals surface area contributed by atoms with E-state index in [1.54, 1.807) is 0 Å². The molecule has 0 aliphatic heterocycles. The second-order valence-electron chi connectivity index (χ2n) is 8.00. The third-order valence-corrected chi connectivity index (χ3v) is 5.90. The van der Waals surface area contributed by atoms with Crippen molar-refractivity contribution in [3.8, 4) is 33.8 Å². The van der Waals surface area contributed by atoms with Crippen LogP contribution < -0.4 is 0 Å². The van der Waals surface area contributed by atoms with E-state index in [1.807, 2.05) is 48.5 Å². The molecule has 2 aromatic heterocycles. The SMILES string of the molecule is CCc1nc2ccccc2nc1-c1ccc(-c2ccc(-c3nc4ccccc4o3)cc2)cc1. The van der Waals surface area contributed by atoms with E-state index in [0.717, 1.165) is 62.2 Å². The Bertz CT molecular complexity index is 1550. The molecule has 6 rings (SSSR count). The molecule has 2 heterocycles. The van der Waals surface area contributed by atoms with E-state index in [0.29, 0.717) is 5.89 Å². The average Bonchev–Trinajstić information content (AvgIpc) is 3.32. The van der Waals surface area contributed by atoms with Gasteiger partial charge in [0.15, 0.2) is 5.58 Å². The van der Waals surface area contributed by atoms with Gasteiger partial charge in [0.1, 0.15) is 5.52 Å². The van der Waals surface area contributed by atoms with Gasteiger partial charge in [-0.15, -0.1) is 0 Å². The highest BCUT2D eigenvalue weighted by Gasteiger charge is 2.11. The lowest BCUT2D eigenvalue weighted by atomic mass is 10.0. The maximum absolute atomic E-state index is 5.89. The lowest BCUT2D eigenvalue weighted by molar-refractivity contribution is 0.620. The van der Waals surface area contributed by atoms with Crippen molar-refractivity contribution in [1.29, 1.82) is 0 Å². The van der Waals surface area contributed by atoms with E-state index in [9.17, 15) is 0 Å². The summed E-state index contributed by atoms with van der Waals surface area (Å²) in [6.07, 6.45) is 0.839. The molecule has 33 heavy (non-hydrogen) atoms. The molecule has 6 aromatic rings. The smallest absolute Gasteiger partial charge is 0.227 e. The van der Waals surface area contributed by atoms with Crippen molar-refractivity contribution in [1.82, 2.24) is 15.0 Å². The molecular formula is C29H21N3O. The summed E-state index contributed by atoms with van der Waals surface area (Å²) in [6.45, 7) is 2.12. The zero-order valence-corrected chi connectivity index (χ0v) is 18.2. The van der Waals surface area contributed by atoms with Crippen molar-refractivity contribution in [3.63, 3.8) is 0 Å². The highest BCUT2D eigenvalue weighted by atomic mass is 16.3. The summed E-state index contributed by atoms with van der Waals surface area (Å²) in [5.41, 5.74) is 9.83. The fourth-order valence-corrected chi connectivity index (χ4v) is 4.14. The minimum absolute atomic E-state index is 0.639. The first-order chi connectivity index (χ1) is 16.3. The van der Waals surface area contributed by atoms with E-state index in [4.69, 9.17) is 14.4 Å². The van der Waals surface area contributed by atoms with Crippen molar-refractivity contribution >= 4 is 22.1 Å². The van der Waals surface area contributed by atoms with Crippen molar-refractivity contribution in [2.24, 2.45) is 0 Å². The average molecular weight is 428 g/mol. The third-order valence-electron chi connectivity index (χ3n) is 5.90. The van der Waals surface area contributed by atoms with Crippen LogP contribution in [-0.4, -0.2) is 15.0 Å². The van der Waals surface area contributed by atoms with E-state index in [-0.39, 0.29) is 0 Å². The minimum atomic E-state index is 0.639. The van der Waals surface area contributed by atoms with E-state index in [1.165, 1.54) is 0 Å². The number of rotatable bonds is 4. The second-order valence-corrected chi connectivity index (χ2v) is 8.00. The Morgan fingerprint density at radius 2 is 1.09 bits per heavy atom. The highest BCUT2D eigenvalue weighted by molar-refractivity contribution is 5.80. The Balaban J connectivity index is 1.31. The first-order valence-electron chi connectivity index (χ1n) is 11.1.